The summed E-state index contributed by atoms with van der Waals surface area (Å²) in [5.41, 5.74) is 22.3. The van der Waals surface area contributed by atoms with Gasteiger partial charge in [-0.25, -0.2) is 0 Å². The molecule has 0 amide bonds. The highest BCUT2D eigenvalue weighted by Crippen LogP contribution is 2.53. The summed E-state index contributed by atoms with van der Waals surface area (Å²) in [6, 6.07) is 43.2. The third-order valence-corrected chi connectivity index (χ3v) is 16.6. The fraction of sp³-hybridized carbons (Fsp3) is 0.265. The van der Waals surface area contributed by atoms with Gasteiger partial charge >= 0.3 is 0 Å². The topological polar surface area (TPSA) is 0 Å². The molecule has 0 fully saturated rings. The highest BCUT2D eigenvalue weighted by Gasteiger charge is 2.40. The molecule has 1 heteroatoms. The molecule has 9 rings (SSSR count). The summed E-state index contributed by atoms with van der Waals surface area (Å²) in [7, 11) is -2.00. The molecule has 0 nitrogen and oxygen atoms in total. The molecule has 3 aliphatic carbocycles. The molecule has 0 saturated heterocycles. The van der Waals surface area contributed by atoms with Crippen LogP contribution < -0.4 is 10.4 Å². The van der Waals surface area contributed by atoms with E-state index in [1.165, 1.54) is 99.4 Å². The zero-order valence-electron chi connectivity index (χ0n) is 31.4. The lowest BCUT2D eigenvalue weighted by molar-refractivity contribution is 0.659. The number of benzene rings is 6. The van der Waals surface area contributed by atoms with Crippen LogP contribution in [0.2, 0.25) is 13.1 Å². The van der Waals surface area contributed by atoms with Gasteiger partial charge < -0.3 is 0 Å². The van der Waals surface area contributed by atoms with Gasteiger partial charge in [-0.05, 0) is 104 Å². The molecule has 6 aromatic rings. The minimum absolute atomic E-state index is 0.00800. The van der Waals surface area contributed by atoms with E-state index in [1.807, 2.05) is 0 Å². The maximum Gasteiger partial charge on any atom is 0.112 e. The van der Waals surface area contributed by atoms with Crippen LogP contribution in [0.4, 0.5) is 0 Å². The predicted molar refractivity (Wildman–Crippen MR) is 217 cm³/mol. The molecular formula is C49H48Si. The van der Waals surface area contributed by atoms with Gasteiger partial charge in [-0.1, -0.05) is 173 Å². The Hall–Kier alpha value is -4.46. The van der Waals surface area contributed by atoms with Crippen molar-refractivity contribution < 1.29 is 0 Å². The Morgan fingerprint density at radius 2 is 0.620 bits per heavy atom. The molecule has 0 N–H and O–H groups in total. The second-order valence-electron chi connectivity index (χ2n) is 17.6. The minimum Gasteiger partial charge on any atom is -0.0620 e. The standard InChI is InChI=1S/C49H48Si/c1-29-11-17-35-37-19-13-31(25-43(37)47(3,4)41(35)23-29)32-14-20-38-40-22-16-34(28-46(40)49(7,8)44(38)26-32)50(9,10)33-15-21-39-36-18-12-30(2)24-42(36)48(5,6)45(39)27-33/h11-28H,1-10H3. The summed E-state index contributed by atoms with van der Waals surface area (Å²) in [6.45, 7) is 23.9. The molecule has 0 heterocycles. The number of rotatable bonds is 3. The fourth-order valence-electron chi connectivity index (χ4n) is 9.74. The van der Waals surface area contributed by atoms with Crippen molar-refractivity contribution in [2.24, 2.45) is 0 Å². The third kappa shape index (κ3) is 4.16. The van der Waals surface area contributed by atoms with E-state index in [4.69, 9.17) is 0 Å². The van der Waals surface area contributed by atoms with Gasteiger partial charge in [0.25, 0.3) is 0 Å². The summed E-state index contributed by atoms with van der Waals surface area (Å²) in [6.07, 6.45) is 0. The van der Waals surface area contributed by atoms with Gasteiger partial charge in [0.2, 0.25) is 0 Å². The van der Waals surface area contributed by atoms with Gasteiger partial charge in [-0.2, -0.15) is 0 Å². The second kappa shape index (κ2) is 10.1. The second-order valence-corrected chi connectivity index (χ2v) is 22.0. The van der Waals surface area contributed by atoms with Gasteiger partial charge in [0.05, 0.1) is 0 Å². The van der Waals surface area contributed by atoms with Crippen LogP contribution in [0, 0.1) is 13.8 Å². The van der Waals surface area contributed by atoms with Crippen LogP contribution in [0.15, 0.2) is 109 Å². The lowest BCUT2D eigenvalue weighted by Crippen LogP contribution is -2.53. The number of hydrogen-bond acceptors (Lipinski definition) is 0. The van der Waals surface area contributed by atoms with Crippen molar-refractivity contribution in [3.05, 3.63) is 154 Å². The van der Waals surface area contributed by atoms with Gasteiger partial charge in [0.1, 0.15) is 8.07 Å². The largest absolute Gasteiger partial charge is 0.112 e. The first-order chi connectivity index (χ1) is 23.6. The summed E-state index contributed by atoms with van der Waals surface area (Å²) in [5.74, 6) is 0. The van der Waals surface area contributed by atoms with Crippen LogP contribution in [-0.4, -0.2) is 8.07 Å². The summed E-state index contributed by atoms with van der Waals surface area (Å²) < 4.78 is 0. The van der Waals surface area contributed by atoms with Crippen molar-refractivity contribution >= 4 is 18.4 Å². The highest BCUT2D eigenvalue weighted by atomic mass is 28.3. The molecule has 0 atom stereocenters. The fourth-order valence-corrected chi connectivity index (χ4v) is 12.1. The molecular weight excluding hydrogens is 617 g/mol. The number of hydrogen-bond donors (Lipinski definition) is 0. The number of aryl methyl sites for hydroxylation is 2. The lowest BCUT2D eigenvalue weighted by atomic mass is 9.80. The molecule has 3 aliphatic rings. The van der Waals surface area contributed by atoms with Gasteiger partial charge in [0, 0.05) is 16.2 Å². The van der Waals surface area contributed by atoms with Crippen LogP contribution in [0.5, 0.6) is 0 Å². The highest BCUT2D eigenvalue weighted by molar-refractivity contribution is 7.00. The van der Waals surface area contributed by atoms with Gasteiger partial charge in [-0.15, -0.1) is 0 Å². The van der Waals surface area contributed by atoms with Crippen molar-refractivity contribution in [3.8, 4) is 44.5 Å². The van der Waals surface area contributed by atoms with Gasteiger partial charge in [-0.3, -0.25) is 0 Å². The summed E-state index contributed by atoms with van der Waals surface area (Å²) in [4.78, 5) is 0. The molecule has 0 spiro atoms. The van der Waals surface area contributed by atoms with Crippen molar-refractivity contribution in [1.29, 1.82) is 0 Å². The first-order valence-corrected chi connectivity index (χ1v) is 21.4. The Labute approximate surface area is 300 Å². The minimum atomic E-state index is -2.00. The third-order valence-electron chi connectivity index (χ3n) is 13.1. The van der Waals surface area contributed by atoms with Crippen molar-refractivity contribution in [1.82, 2.24) is 0 Å². The van der Waals surface area contributed by atoms with E-state index in [-0.39, 0.29) is 16.2 Å². The van der Waals surface area contributed by atoms with E-state index in [0.717, 1.165) is 0 Å². The quantitative estimate of drug-likeness (QED) is 0.165. The number of fused-ring (bicyclic) bond motifs is 9. The van der Waals surface area contributed by atoms with Crippen molar-refractivity contribution in [2.45, 2.75) is 84.7 Å². The Kier molecular flexibility index (Phi) is 6.35. The van der Waals surface area contributed by atoms with E-state index in [9.17, 15) is 0 Å². The average Bonchev–Trinajstić information content (AvgIpc) is 3.56. The van der Waals surface area contributed by atoms with E-state index in [1.54, 1.807) is 0 Å². The zero-order valence-corrected chi connectivity index (χ0v) is 32.4. The first-order valence-electron chi connectivity index (χ1n) is 18.4. The van der Waals surface area contributed by atoms with E-state index in [2.05, 4.69) is 178 Å². The SMILES string of the molecule is Cc1ccc2c(c1)C(C)(C)c1cc(-c3ccc4c(c3)C(C)(C)c3cc([Si](C)(C)c5ccc6c(c5)C(C)(C)c5cc(C)ccc5-6)ccc3-4)ccc1-2. The zero-order chi connectivity index (χ0) is 35.1. The predicted octanol–water partition coefficient (Wildman–Crippen LogP) is 11.7. The molecule has 0 saturated carbocycles. The maximum atomic E-state index is 2.58. The monoisotopic (exact) mass is 664 g/mol. The smallest absolute Gasteiger partial charge is 0.0620 e. The molecule has 0 unspecified atom stereocenters. The molecule has 0 bridgehead atoms. The Bertz CT molecular complexity index is 2450. The maximum absolute atomic E-state index is 2.58. The van der Waals surface area contributed by atoms with Crippen LogP contribution in [0.1, 0.15) is 86.1 Å². The van der Waals surface area contributed by atoms with Crippen LogP contribution >= 0.6 is 0 Å². The molecule has 50 heavy (non-hydrogen) atoms. The van der Waals surface area contributed by atoms with E-state index in [0.29, 0.717) is 0 Å². The molecule has 248 valence electrons. The molecule has 0 aliphatic heterocycles. The normalized spacial score (nSPS) is 16.7. The Morgan fingerprint density at radius 1 is 0.340 bits per heavy atom. The first kappa shape index (κ1) is 31.5. The van der Waals surface area contributed by atoms with E-state index >= 15 is 0 Å². The summed E-state index contributed by atoms with van der Waals surface area (Å²) in [5, 5.41) is 3.03. The average molecular weight is 665 g/mol. The van der Waals surface area contributed by atoms with Crippen molar-refractivity contribution in [2.75, 3.05) is 0 Å². The molecule has 0 aromatic heterocycles. The van der Waals surface area contributed by atoms with Crippen LogP contribution in [0.25, 0.3) is 44.5 Å². The summed E-state index contributed by atoms with van der Waals surface area (Å²) >= 11 is 0. The molecule has 0 radical (unpaired) electrons. The van der Waals surface area contributed by atoms with Crippen molar-refractivity contribution in [3.63, 3.8) is 0 Å². The van der Waals surface area contributed by atoms with Crippen LogP contribution in [0.3, 0.4) is 0 Å². The van der Waals surface area contributed by atoms with Crippen LogP contribution in [-0.2, 0) is 16.2 Å². The van der Waals surface area contributed by atoms with Gasteiger partial charge in [0.15, 0.2) is 0 Å². The van der Waals surface area contributed by atoms with E-state index < -0.39 is 8.07 Å². The Balaban J connectivity index is 1.07. The Morgan fingerprint density at radius 3 is 0.980 bits per heavy atom. The lowest BCUT2D eigenvalue weighted by Gasteiger charge is -2.29. The molecule has 6 aromatic carbocycles.